The first kappa shape index (κ1) is 35.6. The summed E-state index contributed by atoms with van der Waals surface area (Å²) >= 11 is 0. The molecule has 14 heteroatoms. The number of pyridine rings is 1. The summed E-state index contributed by atoms with van der Waals surface area (Å²) in [5.74, 6) is -1.89. The Kier molecular flexibility index (Phi) is 10.1. The summed E-state index contributed by atoms with van der Waals surface area (Å²) in [5.41, 5.74) is -1.76. The van der Waals surface area contributed by atoms with Crippen molar-refractivity contribution in [3.05, 3.63) is 48.7 Å². The van der Waals surface area contributed by atoms with Gasteiger partial charge in [-0.2, -0.15) is 0 Å². The molecule has 6 rings (SSSR count). The molecule has 3 N–H and O–H groups in total. The monoisotopic (exact) mass is 709 g/mol. The Bertz CT molecular complexity index is 1770. The van der Waals surface area contributed by atoms with E-state index in [1.54, 1.807) is 6.20 Å². The van der Waals surface area contributed by atoms with Gasteiger partial charge in [0.05, 0.1) is 18.4 Å². The third kappa shape index (κ3) is 8.22. The number of rotatable bonds is 7. The molecule has 1 unspecified atom stereocenters. The predicted octanol–water partition coefficient (Wildman–Crippen LogP) is 3.73. The second-order valence-electron chi connectivity index (χ2n) is 15.2. The summed E-state index contributed by atoms with van der Waals surface area (Å²) in [7, 11) is -3.87. The third-order valence-corrected chi connectivity index (χ3v) is 11.5. The maximum atomic E-state index is 14.4. The molecular formula is C36H47N5O8S. The highest BCUT2D eigenvalue weighted by atomic mass is 32.2. The molecule has 0 radical (unpaired) electrons. The van der Waals surface area contributed by atoms with Crippen LogP contribution in [0.25, 0.3) is 10.8 Å². The van der Waals surface area contributed by atoms with Crippen molar-refractivity contribution < 1.29 is 37.1 Å². The minimum Gasteiger partial charge on any atom is -0.472 e. The number of alkyl carbamates (subject to hydrolysis) is 1. The van der Waals surface area contributed by atoms with Gasteiger partial charge in [-0.25, -0.2) is 18.2 Å². The van der Waals surface area contributed by atoms with Crippen molar-refractivity contribution in [2.45, 2.75) is 108 Å². The lowest BCUT2D eigenvalue weighted by molar-refractivity contribution is -0.141. The number of carbonyl (C=O) groups is 4. The molecule has 270 valence electrons. The van der Waals surface area contributed by atoms with Crippen molar-refractivity contribution >= 4 is 44.6 Å². The number of hydrogen-bond acceptors (Lipinski definition) is 9. The number of benzene rings is 1. The van der Waals surface area contributed by atoms with Crippen LogP contribution in [-0.2, 0) is 29.1 Å². The Hall–Kier alpha value is -4.20. The fraction of sp³-hybridized carbons (Fsp3) is 0.583. The first-order valence-corrected chi connectivity index (χ1v) is 19.1. The quantitative estimate of drug-likeness (QED) is 0.362. The smallest absolute Gasteiger partial charge is 0.407 e. The lowest BCUT2D eigenvalue weighted by atomic mass is 9.99. The van der Waals surface area contributed by atoms with Crippen LogP contribution in [0.1, 0.15) is 78.6 Å². The van der Waals surface area contributed by atoms with Crippen LogP contribution < -0.4 is 20.1 Å². The highest BCUT2D eigenvalue weighted by Crippen LogP contribution is 2.46. The van der Waals surface area contributed by atoms with E-state index in [-0.39, 0.29) is 31.4 Å². The zero-order valence-electron chi connectivity index (χ0n) is 28.9. The standard InChI is InChI=1S/C36H47N5O8S/c1-35(2,3)22-48-34(45)38-28-14-8-6-4-5-7-12-24-20-36(24,33(44)40-50(46,47)26-15-16-26)39-30(42)29-19-25(21-41(29)32(28)43)49-31-27-13-10-9-11-23(27)17-18-37-31/h7,9-13,17-18,24-26,28-29H,4-6,8,14-16,19-22H2,1-3H3,(H,38,45)(H,39,42)(H,40,44)/t24?,25-,28+,29+,36-/m1/s1. The number of allylic oxidation sites excluding steroid dienone is 1. The molecule has 3 heterocycles. The van der Waals surface area contributed by atoms with Gasteiger partial charge in [0.15, 0.2) is 0 Å². The number of ether oxygens (including phenoxy) is 2. The van der Waals surface area contributed by atoms with Crippen LogP contribution in [0.3, 0.4) is 0 Å². The fourth-order valence-electron chi connectivity index (χ4n) is 6.66. The maximum Gasteiger partial charge on any atom is 0.407 e. The Labute approximate surface area is 293 Å². The van der Waals surface area contributed by atoms with Crippen molar-refractivity contribution in [3.63, 3.8) is 0 Å². The molecule has 2 aliphatic carbocycles. The van der Waals surface area contributed by atoms with Crippen molar-refractivity contribution in [1.82, 2.24) is 25.2 Å². The Morgan fingerprint density at radius 1 is 1.08 bits per heavy atom. The normalized spacial score (nSPS) is 27.6. The number of nitrogens with one attached hydrogen (secondary N) is 3. The van der Waals surface area contributed by atoms with Gasteiger partial charge < -0.3 is 25.0 Å². The van der Waals surface area contributed by atoms with Crippen LogP contribution in [0.15, 0.2) is 48.7 Å². The minimum atomic E-state index is -3.87. The molecule has 13 nitrogen and oxygen atoms in total. The summed E-state index contributed by atoms with van der Waals surface area (Å²) in [4.78, 5) is 61.0. The summed E-state index contributed by atoms with van der Waals surface area (Å²) in [6.07, 6.45) is 8.64. The van der Waals surface area contributed by atoms with Crippen LogP contribution in [0, 0.1) is 11.3 Å². The molecule has 0 bridgehead atoms. The van der Waals surface area contributed by atoms with E-state index in [0.717, 1.165) is 23.6 Å². The second kappa shape index (κ2) is 14.2. The van der Waals surface area contributed by atoms with Crippen molar-refractivity contribution in [2.24, 2.45) is 11.3 Å². The maximum absolute atomic E-state index is 14.4. The summed E-state index contributed by atoms with van der Waals surface area (Å²) < 4.78 is 39.6. The number of fused-ring (bicyclic) bond motifs is 3. The van der Waals surface area contributed by atoms with Gasteiger partial charge in [-0.15, -0.1) is 0 Å². The highest BCUT2D eigenvalue weighted by molar-refractivity contribution is 7.91. The molecule has 2 aromatic rings. The number of carbonyl (C=O) groups excluding carboxylic acids is 4. The molecule has 1 aromatic heterocycles. The van der Waals surface area contributed by atoms with Gasteiger partial charge in [0, 0.05) is 23.9 Å². The van der Waals surface area contributed by atoms with Crippen LogP contribution in [-0.4, -0.2) is 84.2 Å². The second-order valence-corrected chi connectivity index (χ2v) is 17.1. The Balaban J connectivity index is 1.29. The Morgan fingerprint density at radius 3 is 2.62 bits per heavy atom. The molecule has 4 amide bonds. The van der Waals surface area contributed by atoms with E-state index in [0.29, 0.717) is 38.0 Å². The minimum absolute atomic E-state index is 0.0234. The third-order valence-electron chi connectivity index (χ3n) is 9.69. The number of aromatic nitrogens is 1. The summed E-state index contributed by atoms with van der Waals surface area (Å²) in [6.45, 7) is 5.97. The van der Waals surface area contributed by atoms with Crippen LogP contribution in [0.5, 0.6) is 5.88 Å². The molecule has 1 aromatic carbocycles. The van der Waals surface area contributed by atoms with Crippen LogP contribution in [0.2, 0.25) is 0 Å². The number of sulfonamides is 1. The molecular weight excluding hydrogens is 662 g/mol. The lowest BCUT2D eigenvalue weighted by Gasteiger charge is -2.30. The van der Waals surface area contributed by atoms with E-state index in [1.165, 1.54) is 4.90 Å². The molecule has 0 spiro atoms. The number of hydrogen-bond donors (Lipinski definition) is 3. The predicted molar refractivity (Wildman–Crippen MR) is 185 cm³/mol. The van der Waals surface area contributed by atoms with Gasteiger partial charge in [0.1, 0.15) is 23.7 Å². The number of nitrogens with zero attached hydrogens (tertiary/aromatic N) is 2. The first-order chi connectivity index (χ1) is 23.8. The summed E-state index contributed by atoms with van der Waals surface area (Å²) in [5, 5.41) is 6.70. The average molecular weight is 710 g/mol. The van der Waals surface area contributed by atoms with Crippen molar-refractivity contribution in [1.29, 1.82) is 0 Å². The van der Waals surface area contributed by atoms with Crippen molar-refractivity contribution in [3.8, 4) is 5.88 Å². The molecule has 4 aliphatic rings. The van der Waals surface area contributed by atoms with Gasteiger partial charge in [-0.05, 0) is 61.5 Å². The van der Waals surface area contributed by atoms with Gasteiger partial charge in [-0.1, -0.05) is 64.0 Å². The lowest BCUT2D eigenvalue weighted by Crippen LogP contribution is -2.58. The largest absolute Gasteiger partial charge is 0.472 e. The van der Waals surface area contributed by atoms with E-state index in [1.807, 2.05) is 63.3 Å². The van der Waals surface area contributed by atoms with E-state index < -0.39 is 68.7 Å². The zero-order valence-corrected chi connectivity index (χ0v) is 29.7. The number of amides is 4. The topological polar surface area (TPSA) is 173 Å². The Morgan fingerprint density at radius 2 is 1.86 bits per heavy atom. The first-order valence-electron chi connectivity index (χ1n) is 17.5. The van der Waals surface area contributed by atoms with Gasteiger partial charge in [0.25, 0.3) is 5.91 Å². The van der Waals surface area contributed by atoms with E-state index >= 15 is 0 Å². The molecule has 5 atom stereocenters. The van der Waals surface area contributed by atoms with Gasteiger partial charge >= 0.3 is 6.09 Å². The molecule has 2 aliphatic heterocycles. The van der Waals surface area contributed by atoms with Gasteiger partial charge in [-0.3, -0.25) is 19.1 Å². The molecule has 2 saturated carbocycles. The molecule has 1 saturated heterocycles. The van der Waals surface area contributed by atoms with E-state index in [9.17, 15) is 27.6 Å². The average Bonchev–Trinajstić information content (AvgIpc) is 3.99. The van der Waals surface area contributed by atoms with Crippen LogP contribution in [0.4, 0.5) is 4.79 Å². The molecule has 3 fully saturated rings. The highest BCUT2D eigenvalue weighted by Gasteiger charge is 2.62. The fourth-order valence-corrected chi connectivity index (χ4v) is 8.02. The molecule has 50 heavy (non-hydrogen) atoms. The van der Waals surface area contributed by atoms with Crippen molar-refractivity contribution in [2.75, 3.05) is 13.2 Å². The zero-order chi connectivity index (χ0) is 35.7. The van der Waals surface area contributed by atoms with E-state index in [2.05, 4.69) is 20.3 Å². The SMILES string of the molecule is CC(C)(C)COC(=O)N[C@H]1CCCCCC=CC2C[C@@]2(C(=O)NS(=O)(=O)C2CC2)NC(=O)[C@@H]2C[C@@H](Oc3nccc4ccccc34)CN2C1=O. The van der Waals surface area contributed by atoms with Crippen LogP contribution >= 0.6 is 0 Å². The van der Waals surface area contributed by atoms with Gasteiger partial charge in [0.2, 0.25) is 27.7 Å². The summed E-state index contributed by atoms with van der Waals surface area (Å²) in [6, 6.07) is 7.41. The van der Waals surface area contributed by atoms with E-state index in [4.69, 9.17) is 9.47 Å².